The highest BCUT2D eigenvalue weighted by Gasteiger charge is 2.43. The molecule has 0 amide bonds. The molecule has 0 bridgehead atoms. The highest BCUT2D eigenvalue weighted by molar-refractivity contribution is 5.65. The maximum absolute atomic E-state index is 7.95. The minimum absolute atomic E-state index is 0.0773. The van der Waals surface area contributed by atoms with Crippen molar-refractivity contribution in [3.05, 3.63) is 58.7 Å². The maximum atomic E-state index is 7.95. The van der Waals surface area contributed by atoms with Gasteiger partial charge in [0.25, 0.3) is 0 Å². The first kappa shape index (κ1) is 16.9. The summed E-state index contributed by atoms with van der Waals surface area (Å²) in [5, 5.41) is 3.64. The summed E-state index contributed by atoms with van der Waals surface area (Å²) >= 11 is 0. The number of rotatable bonds is 4. The molecule has 0 saturated carbocycles. The summed E-state index contributed by atoms with van der Waals surface area (Å²) in [5.41, 5.74) is 5.70. The van der Waals surface area contributed by atoms with Crippen molar-refractivity contribution in [1.29, 1.82) is 0 Å². The molecule has 0 saturated heterocycles. The van der Waals surface area contributed by atoms with Crippen LogP contribution in [0.25, 0.3) is 0 Å². The molecular weight excluding hydrogens is 340 g/mol. The van der Waals surface area contributed by atoms with Gasteiger partial charge in [-0.3, -0.25) is 0 Å². The second-order valence-electron chi connectivity index (χ2n) is 10.4. The maximum Gasteiger partial charge on any atom is 0.0434 e. The molecule has 0 radical (unpaired) electrons. The fourth-order valence-electron chi connectivity index (χ4n) is 5.51. The molecule has 2 aromatic carbocycles. The quantitative estimate of drug-likeness (QED) is 0.625. The van der Waals surface area contributed by atoms with Gasteiger partial charge in [0.15, 0.2) is 0 Å². The number of aryl methyl sites for hydroxylation is 3. The number of fused-ring (bicyclic) bond motifs is 1. The molecular formula is C26H38N2. The van der Waals surface area contributed by atoms with Crippen LogP contribution in [-0.2, 0) is 6.42 Å². The van der Waals surface area contributed by atoms with E-state index in [-0.39, 0.29) is 16.6 Å². The number of benzene rings is 2. The second-order valence-corrected chi connectivity index (χ2v) is 10.4. The lowest BCUT2D eigenvalue weighted by Gasteiger charge is -2.52. The summed E-state index contributed by atoms with van der Waals surface area (Å²) in [6.07, 6.45) is 1.70. The molecule has 0 aliphatic carbocycles. The van der Waals surface area contributed by atoms with Crippen LogP contribution in [0, 0.1) is 20.7 Å². The van der Waals surface area contributed by atoms with Gasteiger partial charge in [0.05, 0.1) is 0 Å². The van der Waals surface area contributed by atoms with Crippen LogP contribution in [0.3, 0.4) is 0 Å². The standard InChI is InChI=1S/C26H38N2/c1-18-12-11-15-21-16-26(9,27-22(18)21)17-25(7,8)28(24(4,5)6)23-19(2)13-10-14-20(23)3/h10-15,27H,16-17H2,1-9H3/i1D3. The fraction of sp³-hybridized carbons (Fsp3) is 0.538. The van der Waals surface area contributed by atoms with Gasteiger partial charge in [0.1, 0.15) is 0 Å². The van der Waals surface area contributed by atoms with Crippen molar-refractivity contribution in [2.24, 2.45) is 0 Å². The Morgan fingerprint density at radius 1 is 1.00 bits per heavy atom. The highest BCUT2D eigenvalue weighted by Crippen LogP contribution is 2.44. The van der Waals surface area contributed by atoms with Crippen LogP contribution in [0.2, 0.25) is 0 Å². The molecule has 152 valence electrons. The van der Waals surface area contributed by atoms with Crippen LogP contribution in [0.15, 0.2) is 36.4 Å². The van der Waals surface area contributed by atoms with Gasteiger partial charge in [-0.1, -0.05) is 36.4 Å². The largest absolute Gasteiger partial charge is 0.379 e. The van der Waals surface area contributed by atoms with E-state index < -0.39 is 6.85 Å². The molecule has 28 heavy (non-hydrogen) atoms. The van der Waals surface area contributed by atoms with E-state index in [2.05, 4.69) is 89.9 Å². The van der Waals surface area contributed by atoms with Crippen molar-refractivity contribution in [3.8, 4) is 0 Å². The lowest BCUT2D eigenvalue weighted by molar-refractivity contribution is 0.288. The Kier molecular flexibility index (Phi) is 4.13. The fourth-order valence-corrected chi connectivity index (χ4v) is 5.51. The third-order valence-corrected chi connectivity index (χ3v) is 5.92. The normalized spacial score (nSPS) is 21.4. The molecule has 0 spiro atoms. The summed E-state index contributed by atoms with van der Waals surface area (Å²) in [5.74, 6) is 0. The van der Waals surface area contributed by atoms with Gasteiger partial charge < -0.3 is 10.2 Å². The number of hydrogen-bond donors (Lipinski definition) is 1. The third-order valence-electron chi connectivity index (χ3n) is 5.92. The van der Waals surface area contributed by atoms with E-state index in [1.165, 1.54) is 16.8 Å². The molecule has 1 atom stereocenters. The lowest BCUT2D eigenvalue weighted by atomic mass is 9.79. The Balaban J connectivity index is 2.00. The third kappa shape index (κ3) is 3.79. The topological polar surface area (TPSA) is 15.3 Å². The van der Waals surface area contributed by atoms with Crippen molar-refractivity contribution in [1.82, 2.24) is 0 Å². The molecule has 1 aliphatic heterocycles. The average Bonchev–Trinajstić information content (AvgIpc) is 2.90. The highest BCUT2D eigenvalue weighted by atomic mass is 15.3. The Morgan fingerprint density at radius 2 is 1.57 bits per heavy atom. The van der Waals surface area contributed by atoms with Crippen LogP contribution < -0.4 is 10.2 Å². The van der Waals surface area contributed by atoms with E-state index in [4.69, 9.17) is 4.11 Å². The Hall–Kier alpha value is -1.96. The van der Waals surface area contributed by atoms with E-state index >= 15 is 0 Å². The van der Waals surface area contributed by atoms with Gasteiger partial charge >= 0.3 is 0 Å². The summed E-state index contributed by atoms with van der Waals surface area (Å²) < 4.78 is 23.8. The predicted octanol–water partition coefficient (Wildman–Crippen LogP) is 6.81. The monoisotopic (exact) mass is 381 g/mol. The predicted molar refractivity (Wildman–Crippen MR) is 124 cm³/mol. The van der Waals surface area contributed by atoms with Crippen molar-refractivity contribution in [3.63, 3.8) is 0 Å². The summed E-state index contributed by atoms with van der Waals surface area (Å²) in [6.45, 7) is 15.9. The van der Waals surface area contributed by atoms with Crippen molar-refractivity contribution in [2.75, 3.05) is 10.2 Å². The van der Waals surface area contributed by atoms with E-state index in [9.17, 15) is 0 Å². The van der Waals surface area contributed by atoms with E-state index in [1.807, 2.05) is 6.07 Å². The Labute approximate surface area is 176 Å². The Bertz CT molecular complexity index is 949. The van der Waals surface area contributed by atoms with Crippen LogP contribution >= 0.6 is 0 Å². The van der Waals surface area contributed by atoms with Gasteiger partial charge in [-0.2, -0.15) is 0 Å². The van der Waals surface area contributed by atoms with Gasteiger partial charge in [0, 0.05) is 32.1 Å². The SMILES string of the molecule is [2H]C([2H])([2H])c1cccc2c1NC(C)(CC(C)(C)N(c1c(C)cccc1C)C(C)(C)C)C2. The number of nitrogens with one attached hydrogen (secondary N) is 1. The number of para-hydroxylation sites is 2. The molecule has 2 nitrogen and oxygen atoms in total. The molecule has 1 N–H and O–H groups in total. The van der Waals surface area contributed by atoms with Crippen LogP contribution in [-0.4, -0.2) is 16.6 Å². The summed E-state index contributed by atoms with van der Waals surface area (Å²) in [7, 11) is 0. The van der Waals surface area contributed by atoms with Crippen LogP contribution in [0.1, 0.15) is 74.3 Å². The van der Waals surface area contributed by atoms with Gasteiger partial charge in [-0.25, -0.2) is 0 Å². The summed E-state index contributed by atoms with van der Waals surface area (Å²) in [4.78, 5) is 2.56. The minimum Gasteiger partial charge on any atom is -0.379 e. The first-order chi connectivity index (χ1) is 14.1. The van der Waals surface area contributed by atoms with E-state index in [1.54, 1.807) is 6.07 Å². The lowest BCUT2D eigenvalue weighted by Crippen LogP contribution is -2.58. The van der Waals surface area contributed by atoms with Crippen molar-refractivity contribution in [2.45, 2.75) is 91.7 Å². The Morgan fingerprint density at radius 3 is 2.14 bits per heavy atom. The van der Waals surface area contributed by atoms with Gasteiger partial charge in [-0.15, -0.1) is 0 Å². The van der Waals surface area contributed by atoms with E-state index in [0.717, 1.165) is 24.1 Å². The second kappa shape index (κ2) is 6.83. The zero-order valence-corrected chi connectivity index (χ0v) is 18.8. The number of hydrogen-bond acceptors (Lipinski definition) is 2. The minimum atomic E-state index is -2.12. The molecule has 1 heterocycles. The summed E-state index contributed by atoms with van der Waals surface area (Å²) in [6, 6.07) is 12.2. The van der Waals surface area contributed by atoms with Crippen LogP contribution in [0.5, 0.6) is 0 Å². The van der Waals surface area contributed by atoms with Gasteiger partial charge in [-0.05, 0) is 97.3 Å². The van der Waals surface area contributed by atoms with Crippen molar-refractivity contribution >= 4 is 11.4 Å². The molecule has 1 unspecified atom stereocenters. The first-order valence-electron chi connectivity index (χ1n) is 11.8. The molecule has 3 rings (SSSR count). The molecule has 0 aromatic heterocycles. The zero-order valence-electron chi connectivity index (χ0n) is 21.8. The number of anilines is 2. The molecule has 2 aromatic rings. The zero-order chi connectivity index (χ0) is 23.4. The molecule has 2 heteroatoms. The average molecular weight is 382 g/mol. The number of nitrogens with zero attached hydrogens (tertiary/aromatic N) is 1. The van der Waals surface area contributed by atoms with Crippen LogP contribution in [0.4, 0.5) is 11.4 Å². The van der Waals surface area contributed by atoms with E-state index in [0.29, 0.717) is 5.56 Å². The van der Waals surface area contributed by atoms with Crippen molar-refractivity contribution < 1.29 is 4.11 Å². The smallest absolute Gasteiger partial charge is 0.0434 e. The molecule has 1 aliphatic rings. The van der Waals surface area contributed by atoms with Gasteiger partial charge in [0.2, 0.25) is 0 Å². The molecule has 0 fully saturated rings. The first-order valence-corrected chi connectivity index (χ1v) is 10.3.